The van der Waals surface area contributed by atoms with Crippen molar-refractivity contribution in [2.45, 2.75) is 24.3 Å². The van der Waals surface area contributed by atoms with Gasteiger partial charge in [0.25, 0.3) is 5.56 Å². The van der Waals surface area contributed by atoms with Crippen molar-refractivity contribution in [1.29, 1.82) is 0 Å². The first-order valence-corrected chi connectivity index (χ1v) is 11.7. The molecule has 2 aromatic carbocycles. The molecule has 3 aromatic rings. The van der Waals surface area contributed by atoms with Crippen molar-refractivity contribution in [2.75, 3.05) is 19.6 Å². The van der Waals surface area contributed by atoms with Gasteiger partial charge in [0.15, 0.2) is 0 Å². The molecule has 0 radical (unpaired) electrons. The Bertz CT molecular complexity index is 1230. The minimum atomic E-state index is -3.48. The third-order valence-electron chi connectivity index (χ3n) is 5.60. The summed E-state index contributed by atoms with van der Waals surface area (Å²) in [6.07, 6.45) is 2.56. The Hall–Kier alpha value is -3.04. The van der Waals surface area contributed by atoms with Gasteiger partial charge in [-0.2, -0.15) is 4.31 Å². The van der Waals surface area contributed by atoms with Crippen LogP contribution in [0.15, 0.2) is 70.5 Å². The van der Waals surface area contributed by atoms with Gasteiger partial charge in [-0.25, -0.2) is 13.4 Å². The van der Waals surface area contributed by atoms with E-state index in [0.29, 0.717) is 48.4 Å². The summed E-state index contributed by atoms with van der Waals surface area (Å²) in [4.78, 5) is 29.0. The maximum absolute atomic E-state index is 12.7. The van der Waals surface area contributed by atoms with Crippen LogP contribution >= 0.6 is 0 Å². The first-order chi connectivity index (χ1) is 14.9. The third-order valence-corrected chi connectivity index (χ3v) is 7.51. The maximum Gasteiger partial charge on any atom is 0.269 e. The number of para-hydroxylation sites is 2. The second-order valence-electron chi connectivity index (χ2n) is 7.64. The Morgan fingerprint density at radius 2 is 1.71 bits per heavy atom. The molecule has 0 atom stereocenters. The summed E-state index contributed by atoms with van der Waals surface area (Å²) in [5, 5.41) is 2.89. The van der Waals surface area contributed by atoms with Crippen LogP contribution in [-0.2, 0) is 21.4 Å². The minimum absolute atomic E-state index is 0.0803. The normalized spacial score (nSPS) is 15.7. The number of piperidine rings is 1. The van der Waals surface area contributed by atoms with E-state index < -0.39 is 10.0 Å². The molecule has 1 fully saturated rings. The number of nitrogens with one attached hydrogen (secondary N) is 1. The van der Waals surface area contributed by atoms with Crippen molar-refractivity contribution in [3.05, 3.63) is 71.1 Å². The standard InChI is InChI=1S/C22H24N4O4S/c27-21(16-26-20-9-5-4-8-19(20)23-15-22(26)28)24-14-17-10-12-25(13-11-17)31(29,30)18-6-2-1-3-7-18/h1-9,15,17H,10-14,16H2,(H,24,27). The maximum atomic E-state index is 12.7. The monoisotopic (exact) mass is 440 g/mol. The Labute approximate surface area is 180 Å². The number of carbonyl (C=O) groups is 1. The zero-order valence-electron chi connectivity index (χ0n) is 17.0. The van der Waals surface area contributed by atoms with Gasteiger partial charge in [-0.1, -0.05) is 30.3 Å². The van der Waals surface area contributed by atoms with Crippen molar-refractivity contribution in [3.8, 4) is 0 Å². The van der Waals surface area contributed by atoms with Crippen molar-refractivity contribution in [3.63, 3.8) is 0 Å². The van der Waals surface area contributed by atoms with Crippen molar-refractivity contribution in [1.82, 2.24) is 19.2 Å². The number of hydrogen-bond donors (Lipinski definition) is 1. The summed E-state index contributed by atoms with van der Waals surface area (Å²) in [6, 6.07) is 15.6. The molecule has 1 N–H and O–H groups in total. The molecule has 1 aromatic heterocycles. The first-order valence-electron chi connectivity index (χ1n) is 10.2. The quantitative estimate of drug-likeness (QED) is 0.628. The number of sulfonamides is 1. The Kier molecular flexibility index (Phi) is 6.15. The topological polar surface area (TPSA) is 101 Å². The molecule has 162 valence electrons. The van der Waals surface area contributed by atoms with Crippen LogP contribution in [0, 0.1) is 5.92 Å². The lowest BCUT2D eigenvalue weighted by Gasteiger charge is -2.31. The van der Waals surface area contributed by atoms with Gasteiger partial charge in [0.1, 0.15) is 6.54 Å². The van der Waals surface area contributed by atoms with Crippen molar-refractivity contribution >= 4 is 27.0 Å². The molecule has 1 amide bonds. The van der Waals surface area contributed by atoms with E-state index in [1.807, 2.05) is 6.07 Å². The summed E-state index contributed by atoms with van der Waals surface area (Å²) >= 11 is 0. The van der Waals surface area contributed by atoms with Gasteiger partial charge in [0, 0.05) is 19.6 Å². The smallest absolute Gasteiger partial charge is 0.269 e. The van der Waals surface area contributed by atoms with Gasteiger partial charge in [0.2, 0.25) is 15.9 Å². The van der Waals surface area contributed by atoms with Crippen LogP contribution in [0.4, 0.5) is 0 Å². The highest BCUT2D eigenvalue weighted by molar-refractivity contribution is 7.89. The molecule has 4 rings (SSSR count). The van der Waals surface area contributed by atoms with E-state index in [-0.39, 0.29) is 23.9 Å². The molecule has 1 saturated heterocycles. The van der Waals surface area contributed by atoms with Crippen LogP contribution in [0.1, 0.15) is 12.8 Å². The van der Waals surface area contributed by atoms with E-state index in [2.05, 4.69) is 10.3 Å². The number of fused-ring (bicyclic) bond motifs is 1. The number of hydrogen-bond acceptors (Lipinski definition) is 5. The average molecular weight is 441 g/mol. The number of amides is 1. The van der Waals surface area contributed by atoms with E-state index in [9.17, 15) is 18.0 Å². The van der Waals surface area contributed by atoms with Crippen molar-refractivity contribution < 1.29 is 13.2 Å². The summed E-state index contributed by atoms with van der Waals surface area (Å²) in [5.74, 6) is -0.0603. The van der Waals surface area contributed by atoms with Gasteiger partial charge in [-0.3, -0.25) is 14.2 Å². The van der Waals surface area contributed by atoms with Crippen LogP contribution in [-0.4, -0.2) is 47.8 Å². The largest absolute Gasteiger partial charge is 0.354 e. The molecule has 8 nitrogen and oxygen atoms in total. The Balaban J connectivity index is 1.32. The van der Waals surface area contributed by atoms with Gasteiger partial charge in [-0.15, -0.1) is 0 Å². The van der Waals surface area contributed by atoms with Crippen LogP contribution < -0.4 is 10.9 Å². The molecule has 0 spiro atoms. The number of carbonyl (C=O) groups excluding carboxylic acids is 1. The fourth-order valence-corrected chi connectivity index (χ4v) is 5.32. The molecule has 1 aliphatic heterocycles. The lowest BCUT2D eigenvalue weighted by atomic mass is 9.98. The predicted molar refractivity (Wildman–Crippen MR) is 117 cm³/mol. The highest BCUT2D eigenvalue weighted by Gasteiger charge is 2.29. The highest BCUT2D eigenvalue weighted by atomic mass is 32.2. The van der Waals surface area contributed by atoms with E-state index in [4.69, 9.17) is 0 Å². The summed E-state index contributed by atoms with van der Waals surface area (Å²) in [5.41, 5.74) is 0.944. The zero-order chi connectivity index (χ0) is 21.8. The van der Waals surface area contributed by atoms with Crippen LogP contribution in [0.3, 0.4) is 0 Å². The molecule has 9 heteroatoms. The molecule has 0 saturated carbocycles. The molecule has 0 unspecified atom stereocenters. The lowest BCUT2D eigenvalue weighted by Crippen LogP contribution is -2.42. The summed E-state index contributed by atoms with van der Waals surface area (Å²) in [7, 11) is -3.48. The second kappa shape index (κ2) is 8.99. The molecule has 0 aliphatic carbocycles. The minimum Gasteiger partial charge on any atom is -0.354 e. The van der Waals surface area contributed by atoms with E-state index in [1.165, 1.54) is 15.1 Å². The molecule has 2 heterocycles. The summed E-state index contributed by atoms with van der Waals surface area (Å²) < 4.78 is 28.4. The Morgan fingerprint density at radius 3 is 2.45 bits per heavy atom. The molecular formula is C22H24N4O4S. The number of rotatable bonds is 6. The van der Waals surface area contributed by atoms with Gasteiger partial charge in [-0.05, 0) is 43.0 Å². The first kappa shape index (κ1) is 21.2. The molecular weight excluding hydrogens is 416 g/mol. The van der Waals surface area contributed by atoms with Crippen LogP contribution in [0.25, 0.3) is 11.0 Å². The van der Waals surface area contributed by atoms with E-state index in [0.717, 1.165) is 0 Å². The SMILES string of the molecule is O=C(Cn1c(=O)cnc2ccccc21)NCC1CCN(S(=O)(=O)c2ccccc2)CC1. The highest BCUT2D eigenvalue weighted by Crippen LogP contribution is 2.23. The number of nitrogens with zero attached hydrogens (tertiary/aromatic N) is 3. The zero-order valence-corrected chi connectivity index (χ0v) is 17.8. The van der Waals surface area contributed by atoms with Gasteiger partial charge < -0.3 is 5.32 Å². The molecule has 0 bridgehead atoms. The number of benzene rings is 2. The van der Waals surface area contributed by atoms with Gasteiger partial charge in [0.05, 0.1) is 22.1 Å². The fourth-order valence-electron chi connectivity index (χ4n) is 3.83. The second-order valence-corrected chi connectivity index (χ2v) is 9.57. The molecule has 31 heavy (non-hydrogen) atoms. The average Bonchev–Trinajstić information content (AvgIpc) is 2.80. The Morgan fingerprint density at radius 1 is 1.03 bits per heavy atom. The number of aromatic nitrogens is 2. The third kappa shape index (κ3) is 4.67. The van der Waals surface area contributed by atoms with Crippen LogP contribution in [0.2, 0.25) is 0 Å². The van der Waals surface area contributed by atoms with Crippen LogP contribution in [0.5, 0.6) is 0 Å². The molecule has 1 aliphatic rings. The van der Waals surface area contributed by atoms with Gasteiger partial charge >= 0.3 is 0 Å². The fraction of sp³-hybridized carbons (Fsp3) is 0.318. The van der Waals surface area contributed by atoms with E-state index >= 15 is 0 Å². The van der Waals surface area contributed by atoms with Crippen molar-refractivity contribution in [2.24, 2.45) is 5.92 Å². The van der Waals surface area contributed by atoms with E-state index in [1.54, 1.807) is 48.5 Å². The lowest BCUT2D eigenvalue weighted by molar-refractivity contribution is -0.121. The predicted octanol–water partition coefficient (Wildman–Crippen LogP) is 1.61. The summed E-state index contributed by atoms with van der Waals surface area (Å²) in [6.45, 7) is 1.22.